The smallest absolute Gasteiger partial charge is 0.205 e. The summed E-state index contributed by atoms with van der Waals surface area (Å²) in [4.78, 5) is 4.01. The van der Waals surface area contributed by atoms with E-state index in [1.165, 1.54) is 5.56 Å². The lowest BCUT2D eigenvalue weighted by Crippen LogP contribution is -2.00. The molecule has 72 valence electrons. The molecule has 3 nitrogen and oxygen atoms in total. The zero-order chi connectivity index (χ0) is 10.1. The van der Waals surface area contributed by atoms with Crippen molar-refractivity contribution in [3.63, 3.8) is 0 Å². The molecule has 0 spiro atoms. The predicted octanol–water partition coefficient (Wildman–Crippen LogP) is 2.53. The van der Waals surface area contributed by atoms with Gasteiger partial charge >= 0.3 is 0 Å². The number of nitrogen functional groups attached to an aromatic ring is 1. The third kappa shape index (κ3) is 1.53. The number of nitrogens with two attached hydrogens (primary N) is 1. The summed E-state index contributed by atoms with van der Waals surface area (Å²) in [5.41, 5.74) is 7.97. The van der Waals surface area contributed by atoms with Gasteiger partial charge in [-0.3, -0.25) is 4.57 Å². The van der Waals surface area contributed by atoms with Crippen LogP contribution in [0.5, 0.6) is 0 Å². The van der Waals surface area contributed by atoms with E-state index in [1.54, 1.807) is 6.20 Å². The molecular formula is C10H10BrN3. The Balaban J connectivity index is 2.54. The van der Waals surface area contributed by atoms with E-state index in [2.05, 4.69) is 27.8 Å². The number of anilines is 1. The molecule has 0 atom stereocenters. The minimum Gasteiger partial charge on any atom is -0.369 e. The summed E-state index contributed by atoms with van der Waals surface area (Å²) in [6, 6.07) is 8.11. The third-order valence-electron chi connectivity index (χ3n) is 2.04. The highest BCUT2D eigenvalue weighted by Crippen LogP contribution is 2.20. The molecule has 0 aliphatic rings. The predicted molar refractivity (Wildman–Crippen MR) is 60.4 cm³/mol. The van der Waals surface area contributed by atoms with E-state index in [1.807, 2.05) is 28.8 Å². The van der Waals surface area contributed by atoms with E-state index in [4.69, 9.17) is 5.73 Å². The Morgan fingerprint density at radius 1 is 1.29 bits per heavy atom. The van der Waals surface area contributed by atoms with Crippen LogP contribution in [-0.2, 0) is 0 Å². The summed E-state index contributed by atoms with van der Waals surface area (Å²) in [6.07, 6.45) is 1.69. The lowest BCUT2D eigenvalue weighted by Gasteiger charge is -2.06. The van der Waals surface area contributed by atoms with Gasteiger partial charge in [-0.25, -0.2) is 4.98 Å². The number of rotatable bonds is 1. The Hall–Kier alpha value is -1.29. The fraction of sp³-hybridized carbons (Fsp3) is 0.100. The third-order valence-corrected chi connectivity index (χ3v) is 2.60. The second-order valence-electron chi connectivity index (χ2n) is 3.11. The van der Waals surface area contributed by atoms with Crippen molar-refractivity contribution >= 4 is 21.9 Å². The normalized spacial score (nSPS) is 10.4. The highest BCUT2D eigenvalue weighted by Gasteiger charge is 2.05. The number of aromatic nitrogens is 2. The maximum atomic E-state index is 5.73. The Bertz CT molecular complexity index is 425. The van der Waals surface area contributed by atoms with Gasteiger partial charge in [-0.2, -0.15) is 0 Å². The fourth-order valence-electron chi connectivity index (χ4n) is 1.29. The Labute approximate surface area is 90.7 Å². The minimum absolute atomic E-state index is 0.487. The first kappa shape index (κ1) is 9.27. The zero-order valence-corrected chi connectivity index (χ0v) is 9.32. The molecular weight excluding hydrogens is 242 g/mol. The molecule has 0 aliphatic carbocycles. The Morgan fingerprint density at radius 3 is 2.43 bits per heavy atom. The van der Waals surface area contributed by atoms with Crippen LogP contribution in [-0.4, -0.2) is 9.55 Å². The van der Waals surface area contributed by atoms with E-state index in [9.17, 15) is 0 Å². The van der Waals surface area contributed by atoms with Crippen molar-refractivity contribution < 1.29 is 0 Å². The Kier molecular flexibility index (Phi) is 2.29. The number of imidazole rings is 1. The minimum atomic E-state index is 0.487. The maximum Gasteiger partial charge on any atom is 0.205 e. The van der Waals surface area contributed by atoms with Gasteiger partial charge in [0.15, 0.2) is 0 Å². The first-order valence-corrected chi connectivity index (χ1v) is 5.03. The van der Waals surface area contributed by atoms with Crippen LogP contribution < -0.4 is 5.73 Å². The molecule has 0 aliphatic heterocycles. The molecule has 0 unspecified atom stereocenters. The average Bonchev–Trinajstić information content (AvgIpc) is 2.49. The van der Waals surface area contributed by atoms with Crippen LogP contribution in [0.1, 0.15) is 5.56 Å². The molecule has 0 saturated heterocycles. The number of aryl methyl sites for hydroxylation is 1. The molecule has 1 aromatic carbocycles. The van der Waals surface area contributed by atoms with Gasteiger partial charge in [0.25, 0.3) is 0 Å². The molecule has 0 saturated carbocycles. The molecule has 0 amide bonds. The molecule has 0 fully saturated rings. The molecule has 1 heterocycles. The number of halogens is 1. The number of hydrogen-bond donors (Lipinski definition) is 1. The van der Waals surface area contributed by atoms with Gasteiger partial charge in [0.05, 0.1) is 6.20 Å². The van der Waals surface area contributed by atoms with Gasteiger partial charge in [-0.05, 0) is 35.0 Å². The summed E-state index contributed by atoms with van der Waals surface area (Å²) in [5.74, 6) is 0.487. The van der Waals surface area contributed by atoms with Crippen molar-refractivity contribution in [1.82, 2.24) is 9.55 Å². The highest BCUT2D eigenvalue weighted by atomic mass is 79.9. The second kappa shape index (κ2) is 3.46. The van der Waals surface area contributed by atoms with Crippen molar-refractivity contribution in [2.24, 2.45) is 0 Å². The lowest BCUT2D eigenvalue weighted by molar-refractivity contribution is 1.05. The van der Waals surface area contributed by atoms with Crippen molar-refractivity contribution in [2.45, 2.75) is 6.92 Å². The fourth-order valence-corrected chi connectivity index (χ4v) is 1.78. The molecule has 2 aromatic rings. The van der Waals surface area contributed by atoms with Gasteiger partial charge in [0.2, 0.25) is 5.95 Å². The summed E-state index contributed by atoms with van der Waals surface area (Å²) >= 11 is 3.39. The Morgan fingerprint density at radius 2 is 1.93 bits per heavy atom. The van der Waals surface area contributed by atoms with Gasteiger partial charge in [0.1, 0.15) is 4.60 Å². The molecule has 2 N–H and O–H groups in total. The van der Waals surface area contributed by atoms with Crippen LogP contribution in [0.15, 0.2) is 35.1 Å². The monoisotopic (exact) mass is 251 g/mol. The van der Waals surface area contributed by atoms with Crippen LogP contribution in [0.4, 0.5) is 5.95 Å². The molecule has 1 aromatic heterocycles. The molecule has 2 rings (SSSR count). The van der Waals surface area contributed by atoms with Crippen LogP contribution in [0, 0.1) is 6.92 Å². The van der Waals surface area contributed by atoms with E-state index < -0.39 is 0 Å². The lowest BCUT2D eigenvalue weighted by atomic mass is 10.2. The quantitative estimate of drug-likeness (QED) is 0.847. The highest BCUT2D eigenvalue weighted by molar-refractivity contribution is 9.10. The zero-order valence-electron chi connectivity index (χ0n) is 7.74. The average molecular weight is 252 g/mol. The van der Waals surface area contributed by atoms with Crippen molar-refractivity contribution in [1.29, 1.82) is 0 Å². The van der Waals surface area contributed by atoms with Gasteiger partial charge < -0.3 is 5.73 Å². The SMILES string of the molecule is Cc1ccc(-n2c(Br)cnc2N)cc1. The first-order chi connectivity index (χ1) is 6.68. The topological polar surface area (TPSA) is 43.8 Å². The van der Waals surface area contributed by atoms with E-state index in [0.717, 1.165) is 10.3 Å². The van der Waals surface area contributed by atoms with Gasteiger partial charge in [0, 0.05) is 5.69 Å². The second-order valence-corrected chi connectivity index (χ2v) is 3.92. The molecule has 0 bridgehead atoms. The van der Waals surface area contributed by atoms with E-state index >= 15 is 0 Å². The van der Waals surface area contributed by atoms with E-state index in [0.29, 0.717) is 5.95 Å². The van der Waals surface area contributed by atoms with Crippen molar-refractivity contribution in [3.8, 4) is 5.69 Å². The summed E-state index contributed by atoms with van der Waals surface area (Å²) in [7, 11) is 0. The summed E-state index contributed by atoms with van der Waals surface area (Å²) in [6.45, 7) is 2.05. The maximum absolute atomic E-state index is 5.73. The van der Waals surface area contributed by atoms with Crippen LogP contribution in [0.3, 0.4) is 0 Å². The number of benzene rings is 1. The largest absolute Gasteiger partial charge is 0.369 e. The van der Waals surface area contributed by atoms with Crippen LogP contribution in [0.2, 0.25) is 0 Å². The van der Waals surface area contributed by atoms with Gasteiger partial charge in [-0.1, -0.05) is 17.7 Å². The van der Waals surface area contributed by atoms with E-state index in [-0.39, 0.29) is 0 Å². The summed E-state index contributed by atoms with van der Waals surface area (Å²) in [5, 5.41) is 0. The molecule has 4 heteroatoms. The van der Waals surface area contributed by atoms with Crippen molar-refractivity contribution in [3.05, 3.63) is 40.6 Å². The number of hydrogen-bond acceptors (Lipinski definition) is 2. The standard InChI is InChI=1S/C10H10BrN3/c1-7-2-4-8(5-3-7)14-9(11)6-13-10(14)12/h2-6H,1H3,(H2,12,13). The first-order valence-electron chi connectivity index (χ1n) is 4.24. The van der Waals surface area contributed by atoms with Crippen LogP contribution >= 0.6 is 15.9 Å². The molecule has 0 radical (unpaired) electrons. The van der Waals surface area contributed by atoms with Gasteiger partial charge in [-0.15, -0.1) is 0 Å². The molecule has 14 heavy (non-hydrogen) atoms. The number of nitrogens with zero attached hydrogens (tertiary/aromatic N) is 2. The summed E-state index contributed by atoms with van der Waals surface area (Å²) < 4.78 is 2.71. The van der Waals surface area contributed by atoms with Crippen molar-refractivity contribution in [2.75, 3.05) is 5.73 Å². The van der Waals surface area contributed by atoms with Crippen LogP contribution in [0.25, 0.3) is 5.69 Å².